The zero-order chi connectivity index (χ0) is 24.7. The van der Waals surface area contributed by atoms with Gasteiger partial charge in [0.15, 0.2) is 0 Å². The number of Topliss-reactive ketones (excluding diaryl/α,β-unsaturated/α-hetero) is 1. The lowest BCUT2D eigenvalue weighted by Crippen LogP contribution is -2.32. The van der Waals surface area contributed by atoms with Crippen LogP contribution < -0.4 is 9.47 Å². The highest BCUT2D eigenvalue weighted by molar-refractivity contribution is 6.46. The number of methoxy groups -OCH3 is 1. The van der Waals surface area contributed by atoms with Gasteiger partial charge in [0.05, 0.1) is 24.8 Å². The third-order valence-electron chi connectivity index (χ3n) is 5.31. The largest absolute Gasteiger partial charge is 0.507 e. The van der Waals surface area contributed by atoms with Gasteiger partial charge < -0.3 is 24.2 Å². The topological polar surface area (TPSA) is 85.3 Å². The third-order valence-corrected chi connectivity index (χ3v) is 5.31. The van der Waals surface area contributed by atoms with Crippen molar-refractivity contribution in [3.63, 3.8) is 0 Å². The molecule has 1 aliphatic rings. The van der Waals surface area contributed by atoms with E-state index < -0.39 is 17.7 Å². The maximum atomic E-state index is 13.1. The summed E-state index contributed by atoms with van der Waals surface area (Å²) in [7, 11) is 1.53. The number of aliphatic hydroxyl groups is 1. The number of nitrogens with zero attached hydrogens (tertiary/aromatic N) is 1. The molecule has 2 aromatic rings. The van der Waals surface area contributed by atoms with Crippen molar-refractivity contribution in [1.29, 1.82) is 0 Å². The summed E-state index contributed by atoms with van der Waals surface area (Å²) in [6, 6.07) is 13.2. The minimum absolute atomic E-state index is 0.0167. The van der Waals surface area contributed by atoms with E-state index in [9.17, 15) is 14.7 Å². The van der Waals surface area contributed by atoms with E-state index in [2.05, 4.69) is 6.58 Å². The number of benzene rings is 2. The second-order valence-corrected chi connectivity index (χ2v) is 8.39. The van der Waals surface area contributed by atoms with Gasteiger partial charge in [-0.2, -0.15) is 0 Å². The lowest BCUT2D eigenvalue weighted by atomic mass is 9.95. The lowest BCUT2D eigenvalue weighted by molar-refractivity contribution is -0.140. The van der Waals surface area contributed by atoms with Crippen LogP contribution in [0.3, 0.4) is 0 Å². The maximum absolute atomic E-state index is 13.1. The SMILES string of the molecule is C=CCOc1cccc(C2/C(=C(/O)c3cccc(OCC(C)C)c3)C(=O)C(=O)N2CCOC)c1. The van der Waals surface area contributed by atoms with Crippen LogP contribution in [0, 0.1) is 5.92 Å². The second kappa shape index (κ2) is 11.5. The van der Waals surface area contributed by atoms with Gasteiger partial charge in [0, 0.05) is 19.2 Å². The Kier molecular flexibility index (Phi) is 8.49. The summed E-state index contributed by atoms with van der Waals surface area (Å²) in [5.41, 5.74) is 1.06. The molecule has 0 spiro atoms. The fraction of sp³-hybridized carbons (Fsp3) is 0.333. The summed E-state index contributed by atoms with van der Waals surface area (Å²) in [6.07, 6.45) is 1.63. The predicted molar refractivity (Wildman–Crippen MR) is 130 cm³/mol. The molecular formula is C27H31NO6. The molecule has 1 saturated heterocycles. The van der Waals surface area contributed by atoms with Crippen LogP contribution in [0.15, 0.2) is 66.8 Å². The highest BCUT2D eigenvalue weighted by Gasteiger charge is 2.46. The molecule has 1 fully saturated rings. The number of amides is 1. The average Bonchev–Trinajstić information content (AvgIpc) is 3.09. The van der Waals surface area contributed by atoms with Gasteiger partial charge >= 0.3 is 0 Å². The average molecular weight is 466 g/mol. The molecule has 0 bridgehead atoms. The van der Waals surface area contributed by atoms with Gasteiger partial charge in [-0.15, -0.1) is 0 Å². The number of carbonyl (C=O) groups excluding carboxylic acids is 2. The molecule has 3 rings (SSSR count). The number of ether oxygens (including phenoxy) is 3. The van der Waals surface area contributed by atoms with Gasteiger partial charge in [-0.05, 0) is 35.7 Å². The van der Waals surface area contributed by atoms with Crippen molar-refractivity contribution in [3.05, 3.63) is 77.9 Å². The molecule has 1 heterocycles. The number of carbonyl (C=O) groups is 2. The maximum Gasteiger partial charge on any atom is 0.295 e. The Hall–Kier alpha value is -3.58. The Bertz CT molecular complexity index is 1070. The number of rotatable bonds is 11. The number of ketones is 1. The van der Waals surface area contributed by atoms with Crippen LogP contribution in [0.25, 0.3) is 5.76 Å². The Morgan fingerprint density at radius 3 is 2.50 bits per heavy atom. The minimum atomic E-state index is -0.789. The van der Waals surface area contributed by atoms with E-state index in [0.29, 0.717) is 41.8 Å². The van der Waals surface area contributed by atoms with Crippen LogP contribution in [0.4, 0.5) is 0 Å². The molecule has 1 unspecified atom stereocenters. The molecular weight excluding hydrogens is 434 g/mol. The van der Waals surface area contributed by atoms with Crippen LogP contribution in [0.1, 0.15) is 31.0 Å². The van der Waals surface area contributed by atoms with Gasteiger partial charge in [0.2, 0.25) is 0 Å². The van der Waals surface area contributed by atoms with Crippen LogP contribution in [0.5, 0.6) is 11.5 Å². The summed E-state index contributed by atoms with van der Waals surface area (Å²) in [5.74, 6) is -0.214. The molecule has 0 radical (unpaired) electrons. The molecule has 2 aromatic carbocycles. The molecule has 0 aliphatic carbocycles. The molecule has 1 N–H and O–H groups in total. The molecule has 0 saturated carbocycles. The molecule has 1 aliphatic heterocycles. The van der Waals surface area contributed by atoms with E-state index >= 15 is 0 Å². The van der Waals surface area contributed by atoms with E-state index in [-0.39, 0.29) is 24.5 Å². The first-order chi connectivity index (χ1) is 16.4. The standard InChI is InChI=1S/C27H31NO6/c1-5-13-33-21-10-6-8-19(15-21)24-23(26(30)27(31)28(24)12-14-32-4)25(29)20-9-7-11-22(16-20)34-17-18(2)3/h5-11,15-16,18,24,29H,1,12-14,17H2,2-4H3/b25-23-. The van der Waals surface area contributed by atoms with Crippen LogP contribution in [-0.4, -0.2) is 55.2 Å². The highest BCUT2D eigenvalue weighted by atomic mass is 16.5. The molecule has 1 amide bonds. The number of hydrogen-bond donors (Lipinski definition) is 1. The zero-order valence-corrected chi connectivity index (χ0v) is 19.8. The highest BCUT2D eigenvalue weighted by Crippen LogP contribution is 2.40. The molecule has 1 atom stereocenters. The van der Waals surface area contributed by atoms with E-state index in [1.807, 2.05) is 13.8 Å². The molecule has 7 nitrogen and oxygen atoms in total. The molecule has 0 aromatic heterocycles. The van der Waals surface area contributed by atoms with E-state index in [0.717, 1.165) is 0 Å². The normalized spacial score (nSPS) is 17.3. The quantitative estimate of drug-likeness (QED) is 0.230. The van der Waals surface area contributed by atoms with Gasteiger partial charge in [0.1, 0.15) is 23.9 Å². The zero-order valence-electron chi connectivity index (χ0n) is 19.8. The van der Waals surface area contributed by atoms with Crippen LogP contribution in [-0.2, 0) is 14.3 Å². The van der Waals surface area contributed by atoms with Crippen molar-refractivity contribution in [3.8, 4) is 11.5 Å². The Balaban J connectivity index is 2.08. The smallest absolute Gasteiger partial charge is 0.295 e. The molecule has 7 heteroatoms. The minimum Gasteiger partial charge on any atom is -0.507 e. The van der Waals surface area contributed by atoms with Gasteiger partial charge in [-0.1, -0.05) is 50.8 Å². The van der Waals surface area contributed by atoms with Crippen molar-refractivity contribution in [2.45, 2.75) is 19.9 Å². The Morgan fingerprint density at radius 2 is 1.82 bits per heavy atom. The first kappa shape index (κ1) is 25.1. The first-order valence-corrected chi connectivity index (χ1v) is 11.2. The van der Waals surface area contributed by atoms with Gasteiger partial charge in [-0.3, -0.25) is 9.59 Å². The van der Waals surface area contributed by atoms with Crippen molar-refractivity contribution in [2.75, 3.05) is 33.5 Å². The number of likely N-dealkylation sites (tertiary alicyclic amines) is 1. The summed E-state index contributed by atoms with van der Waals surface area (Å²) >= 11 is 0. The summed E-state index contributed by atoms with van der Waals surface area (Å²) < 4.78 is 16.6. The molecule has 180 valence electrons. The third kappa shape index (κ3) is 5.66. The number of hydrogen-bond acceptors (Lipinski definition) is 6. The summed E-state index contributed by atoms with van der Waals surface area (Å²) in [5, 5.41) is 11.2. The monoisotopic (exact) mass is 465 g/mol. The van der Waals surface area contributed by atoms with Crippen LogP contribution >= 0.6 is 0 Å². The van der Waals surface area contributed by atoms with Crippen molar-refractivity contribution in [2.24, 2.45) is 5.92 Å². The summed E-state index contributed by atoms with van der Waals surface area (Å²) in [6.45, 7) is 9.00. The lowest BCUT2D eigenvalue weighted by Gasteiger charge is -2.25. The van der Waals surface area contributed by atoms with Gasteiger partial charge in [0.25, 0.3) is 11.7 Å². The van der Waals surface area contributed by atoms with Gasteiger partial charge in [-0.25, -0.2) is 0 Å². The van der Waals surface area contributed by atoms with Crippen molar-refractivity contribution >= 4 is 17.4 Å². The van der Waals surface area contributed by atoms with Crippen LogP contribution in [0.2, 0.25) is 0 Å². The van der Waals surface area contributed by atoms with E-state index in [4.69, 9.17) is 14.2 Å². The Morgan fingerprint density at radius 1 is 1.12 bits per heavy atom. The fourth-order valence-electron chi connectivity index (χ4n) is 3.73. The van der Waals surface area contributed by atoms with E-state index in [1.54, 1.807) is 54.6 Å². The molecule has 34 heavy (non-hydrogen) atoms. The Labute approximate surface area is 200 Å². The van der Waals surface area contributed by atoms with Crippen molar-refractivity contribution in [1.82, 2.24) is 4.90 Å². The second-order valence-electron chi connectivity index (χ2n) is 8.39. The number of aliphatic hydroxyl groups excluding tert-OH is 1. The predicted octanol–water partition coefficient (Wildman–Crippen LogP) is 4.35. The van der Waals surface area contributed by atoms with Crippen molar-refractivity contribution < 1.29 is 28.9 Å². The first-order valence-electron chi connectivity index (χ1n) is 11.2. The van der Waals surface area contributed by atoms with E-state index in [1.165, 1.54) is 12.0 Å². The fourth-order valence-corrected chi connectivity index (χ4v) is 3.73. The summed E-state index contributed by atoms with van der Waals surface area (Å²) in [4.78, 5) is 27.5.